The topological polar surface area (TPSA) is 26.3 Å². The largest absolute Gasteiger partial charge is 0.466 e. The van der Waals surface area contributed by atoms with Gasteiger partial charge in [0.15, 0.2) is 0 Å². The third kappa shape index (κ3) is 5.46. The van der Waals surface area contributed by atoms with Gasteiger partial charge in [-0.05, 0) is 36.3 Å². The lowest BCUT2D eigenvalue weighted by atomic mass is 9.90. The van der Waals surface area contributed by atoms with Gasteiger partial charge >= 0.3 is 5.97 Å². The maximum Gasteiger partial charge on any atom is 0.306 e. The highest BCUT2D eigenvalue weighted by atomic mass is 16.5. The molecule has 1 atom stereocenters. The molecule has 1 aromatic carbocycles. The van der Waals surface area contributed by atoms with Gasteiger partial charge in [0.2, 0.25) is 0 Å². The molecule has 2 heteroatoms. The number of esters is 1. The first-order valence-electron chi connectivity index (χ1n) is 7.45. The van der Waals surface area contributed by atoms with Gasteiger partial charge in [-0.2, -0.15) is 0 Å². The van der Waals surface area contributed by atoms with Crippen molar-refractivity contribution >= 4 is 5.97 Å². The maximum absolute atomic E-state index is 11.8. The van der Waals surface area contributed by atoms with Gasteiger partial charge in [-0.1, -0.05) is 51.5 Å². The van der Waals surface area contributed by atoms with E-state index in [-0.39, 0.29) is 5.97 Å². The molecule has 0 radical (unpaired) electrons. The molecule has 0 saturated heterocycles. The van der Waals surface area contributed by atoms with Crippen molar-refractivity contribution in [1.82, 2.24) is 0 Å². The van der Waals surface area contributed by atoms with Crippen molar-refractivity contribution in [2.75, 3.05) is 6.61 Å². The van der Waals surface area contributed by atoms with Crippen LogP contribution in [0.2, 0.25) is 0 Å². The fourth-order valence-corrected chi connectivity index (χ4v) is 2.24. The maximum atomic E-state index is 11.8. The summed E-state index contributed by atoms with van der Waals surface area (Å²) in [6.45, 7) is 6.86. The Morgan fingerprint density at radius 1 is 1.11 bits per heavy atom. The van der Waals surface area contributed by atoms with Gasteiger partial charge in [0.25, 0.3) is 0 Å². The van der Waals surface area contributed by atoms with E-state index in [0.717, 1.165) is 25.7 Å². The molecule has 0 N–H and O–H groups in total. The van der Waals surface area contributed by atoms with E-state index >= 15 is 0 Å². The van der Waals surface area contributed by atoms with Crippen molar-refractivity contribution in [2.24, 2.45) is 0 Å². The smallest absolute Gasteiger partial charge is 0.306 e. The molecular formula is C17H26O2. The highest BCUT2D eigenvalue weighted by molar-refractivity contribution is 5.70. The van der Waals surface area contributed by atoms with Crippen LogP contribution in [0, 0.1) is 0 Å². The van der Waals surface area contributed by atoms with Crippen LogP contribution in [-0.4, -0.2) is 12.6 Å². The molecule has 0 aliphatic heterocycles. The van der Waals surface area contributed by atoms with Crippen molar-refractivity contribution in [3.8, 4) is 0 Å². The zero-order chi connectivity index (χ0) is 14.1. The minimum atomic E-state index is -0.0696. The summed E-state index contributed by atoms with van der Waals surface area (Å²) >= 11 is 0. The molecule has 0 aliphatic rings. The second-order valence-electron chi connectivity index (χ2n) is 5.01. The molecule has 1 aromatic rings. The first kappa shape index (κ1) is 15.7. The van der Waals surface area contributed by atoms with Crippen molar-refractivity contribution in [2.45, 2.75) is 58.8 Å². The molecule has 2 nitrogen and oxygen atoms in total. The Balaban J connectivity index is 2.67. The molecule has 0 spiro atoms. The first-order valence-corrected chi connectivity index (χ1v) is 7.45. The first-order chi connectivity index (χ1) is 9.21. The molecular weight excluding hydrogens is 236 g/mol. The Kier molecular flexibility index (Phi) is 7.24. The molecule has 0 amide bonds. The van der Waals surface area contributed by atoms with Gasteiger partial charge in [0.05, 0.1) is 13.0 Å². The molecule has 0 bridgehead atoms. The SMILES string of the molecule is CCCOC(=O)CC(CCC)c1ccc(CC)cc1. The van der Waals surface area contributed by atoms with Crippen molar-refractivity contribution in [3.05, 3.63) is 35.4 Å². The van der Waals surface area contributed by atoms with Gasteiger partial charge in [-0.15, -0.1) is 0 Å². The summed E-state index contributed by atoms with van der Waals surface area (Å²) in [5, 5.41) is 0. The van der Waals surface area contributed by atoms with Gasteiger partial charge < -0.3 is 4.74 Å². The summed E-state index contributed by atoms with van der Waals surface area (Å²) in [4.78, 5) is 11.8. The Bertz CT molecular complexity index is 367. The predicted octanol–water partition coefficient (Wildman–Crippen LogP) is 4.48. The van der Waals surface area contributed by atoms with Crippen LogP contribution < -0.4 is 0 Å². The molecule has 0 heterocycles. The van der Waals surface area contributed by atoms with Crippen molar-refractivity contribution in [3.63, 3.8) is 0 Å². The Hall–Kier alpha value is -1.31. The number of aryl methyl sites for hydroxylation is 1. The zero-order valence-corrected chi connectivity index (χ0v) is 12.4. The van der Waals surface area contributed by atoms with Gasteiger partial charge in [-0.3, -0.25) is 4.79 Å². The van der Waals surface area contributed by atoms with E-state index in [1.54, 1.807) is 0 Å². The van der Waals surface area contributed by atoms with E-state index in [1.165, 1.54) is 11.1 Å². The van der Waals surface area contributed by atoms with Gasteiger partial charge in [0.1, 0.15) is 0 Å². The normalized spacial score (nSPS) is 12.2. The second kappa shape index (κ2) is 8.73. The molecule has 0 aliphatic carbocycles. The van der Waals surface area contributed by atoms with Crippen LogP contribution in [0.1, 0.15) is 63.5 Å². The predicted molar refractivity (Wildman–Crippen MR) is 79.3 cm³/mol. The molecule has 0 aromatic heterocycles. The third-order valence-corrected chi connectivity index (χ3v) is 3.38. The van der Waals surface area contributed by atoms with E-state index in [2.05, 4.69) is 38.1 Å². The quantitative estimate of drug-likeness (QED) is 0.646. The van der Waals surface area contributed by atoms with E-state index in [9.17, 15) is 4.79 Å². The molecule has 0 saturated carbocycles. The van der Waals surface area contributed by atoms with Crippen LogP contribution in [0.4, 0.5) is 0 Å². The highest BCUT2D eigenvalue weighted by Crippen LogP contribution is 2.26. The van der Waals surface area contributed by atoms with Crippen LogP contribution in [0.5, 0.6) is 0 Å². The van der Waals surface area contributed by atoms with E-state index in [1.807, 2.05) is 6.92 Å². The lowest BCUT2D eigenvalue weighted by Crippen LogP contribution is -2.11. The molecule has 1 rings (SSSR count). The molecule has 19 heavy (non-hydrogen) atoms. The lowest BCUT2D eigenvalue weighted by molar-refractivity contribution is -0.144. The van der Waals surface area contributed by atoms with Gasteiger partial charge in [-0.25, -0.2) is 0 Å². The summed E-state index contributed by atoms with van der Waals surface area (Å²) < 4.78 is 5.20. The monoisotopic (exact) mass is 262 g/mol. The summed E-state index contributed by atoms with van der Waals surface area (Å²) in [6.07, 6.45) is 4.56. The number of ether oxygens (including phenoxy) is 1. The number of hydrogen-bond donors (Lipinski definition) is 0. The molecule has 1 unspecified atom stereocenters. The average molecular weight is 262 g/mol. The fourth-order valence-electron chi connectivity index (χ4n) is 2.24. The van der Waals surface area contributed by atoms with Crippen LogP contribution in [0.3, 0.4) is 0 Å². The van der Waals surface area contributed by atoms with Crippen LogP contribution >= 0.6 is 0 Å². The zero-order valence-electron chi connectivity index (χ0n) is 12.4. The Morgan fingerprint density at radius 2 is 1.79 bits per heavy atom. The lowest BCUT2D eigenvalue weighted by Gasteiger charge is -2.16. The van der Waals surface area contributed by atoms with Crippen LogP contribution in [0.15, 0.2) is 24.3 Å². The number of rotatable bonds is 8. The molecule has 0 fully saturated rings. The van der Waals surface area contributed by atoms with Crippen molar-refractivity contribution < 1.29 is 9.53 Å². The minimum absolute atomic E-state index is 0.0696. The van der Waals surface area contributed by atoms with E-state index in [0.29, 0.717) is 18.9 Å². The Morgan fingerprint density at radius 3 is 2.32 bits per heavy atom. The van der Waals surface area contributed by atoms with E-state index in [4.69, 9.17) is 4.74 Å². The van der Waals surface area contributed by atoms with Gasteiger partial charge in [0, 0.05) is 0 Å². The third-order valence-electron chi connectivity index (χ3n) is 3.38. The highest BCUT2D eigenvalue weighted by Gasteiger charge is 2.16. The summed E-state index contributed by atoms with van der Waals surface area (Å²) in [5.74, 6) is 0.222. The number of carbonyl (C=O) groups excluding carboxylic acids is 1. The standard InChI is InChI=1S/C17H26O2/c1-4-7-16(13-17(18)19-12-5-2)15-10-8-14(6-3)9-11-15/h8-11,16H,4-7,12-13H2,1-3H3. The second-order valence-corrected chi connectivity index (χ2v) is 5.01. The fraction of sp³-hybridized carbons (Fsp3) is 0.588. The number of hydrogen-bond acceptors (Lipinski definition) is 2. The summed E-state index contributed by atoms with van der Waals surface area (Å²) in [5.41, 5.74) is 2.60. The van der Waals surface area contributed by atoms with Crippen LogP contribution in [0.25, 0.3) is 0 Å². The average Bonchev–Trinajstić information content (AvgIpc) is 2.45. The minimum Gasteiger partial charge on any atom is -0.466 e. The summed E-state index contributed by atoms with van der Waals surface area (Å²) in [7, 11) is 0. The number of benzene rings is 1. The van der Waals surface area contributed by atoms with Crippen LogP contribution in [-0.2, 0) is 16.0 Å². The number of carbonyl (C=O) groups is 1. The van der Waals surface area contributed by atoms with Crippen molar-refractivity contribution in [1.29, 1.82) is 0 Å². The summed E-state index contributed by atoms with van der Waals surface area (Å²) in [6, 6.07) is 8.64. The Labute approximate surface area is 117 Å². The van der Waals surface area contributed by atoms with E-state index < -0.39 is 0 Å². The molecule has 106 valence electrons.